The molecule has 0 aliphatic heterocycles. The number of amides is 1. The van der Waals surface area contributed by atoms with Gasteiger partial charge in [-0.1, -0.05) is 0 Å². The molecule has 0 saturated carbocycles. The first-order valence-corrected chi connectivity index (χ1v) is 6.61. The monoisotopic (exact) mass is 278 g/mol. The lowest BCUT2D eigenvalue weighted by Gasteiger charge is -1.99. The number of hydrazine groups is 1. The lowest BCUT2D eigenvalue weighted by Crippen LogP contribution is -2.30. The molecule has 0 fully saturated rings. The highest BCUT2D eigenvalue weighted by molar-refractivity contribution is 7.98. The highest BCUT2D eigenvalue weighted by atomic mass is 32.2. The Morgan fingerprint density at radius 2 is 2.11 bits per heavy atom. The largest absolute Gasteiger partial charge is 0.508 e. The number of hydrogen-bond acceptors (Lipinski definition) is 5. The van der Waals surface area contributed by atoms with Crippen LogP contribution in [0.1, 0.15) is 21.9 Å². The molecule has 5 nitrogen and oxygen atoms in total. The van der Waals surface area contributed by atoms with Crippen LogP contribution in [-0.4, -0.2) is 11.0 Å². The molecule has 2 rings (SSSR count). The van der Waals surface area contributed by atoms with Crippen LogP contribution in [0.15, 0.2) is 39.6 Å². The predicted octanol–water partition coefficient (Wildman–Crippen LogP) is 2.19. The van der Waals surface area contributed by atoms with Crippen LogP contribution in [0.4, 0.5) is 0 Å². The number of aromatic hydroxyl groups is 1. The van der Waals surface area contributed by atoms with Crippen molar-refractivity contribution in [2.75, 3.05) is 0 Å². The summed E-state index contributed by atoms with van der Waals surface area (Å²) in [7, 11) is 0. The van der Waals surface area contributed by atoms with Gasteiger partial charge in [-0.2, -0.15) is 0 Å². The summed E-state index contributed by atoms with van der Waals surface area (Å²) < 4.78 is 5.45. The highest BCUT2D eigenvalue weighted by Crippen LogP contribution is 2.26. The molecule has 100 valence electrons. The second-order valence-corrected chi connectivity index (χ2v) is 5.03. The SMILES string of the molecule is Cc1cc(CSc2ccc(O)cc2)oc1C(=O)NN. The van der Waals surface area contributed by atoms with Crippen LogP contribution in [0.25, 0.3) is 0 Å². The Morgan fingerprint density at radius 3 is 2.74 bits per heavy atom. The van der Waals surface area contributed by atoms with Gasteiger partial charge in [0.15, 0.2) is 5.76 Å². The highest BCUT2D eigenvalue weighted by Gasteiger charge is 2.14. The number of nitrogens with one attached hydrogen (secondary N) is 1. The Bertz CT molecular complexity index is 578. The Morgan fingerprint density at radius 1 is 1.42 bits per heavy atom. The standard InChI is InChI=1S/C13H14N2O3S/c1-8-6-10(18-12(8)13(17)15-14)7-19-11-4-2-9(16)3-5-11/h2-6,16H,7,14H2,1H3,(H,15,17). The summed E-state index contributed by atoms with van der Waals surface area (Å²) in [5.41, 5.74) is 2.80. The molecule has 6 heteroatoms. The van der Waals surface area contributed by atoms with Crippen molar-refractivity contribution in [3.63, 3.8) is 0 Å². The number of aryl methyl sites for hydroxylation is 1. The lowest BCUT2D eigenvalue weighted by atomic mass is 10.2. The number of phenolic OH excluding ortho intramolecular Hbond substituents is 1. The second kappa shape index (κ2) is 5.81. The van der Waals surface area contributed by atoms with Gasteiger partial charge in [0, 0.05) is 10.5 Å². The van der Waals surface area contributed by atoms with Gasteiger partial charge in [0.1, 0.15) is 11.5 Å². The van der Waals surface area contributed by atoms with Crippen LogP contribution < -0.4 is 11.3 Å². The first-order chi connectivity index (χ1) is 9.10. The van der Waals surface area contributed by atoms with Crippen molar-refractivity contribution in [2.24, 2.45) is 5.84 Å². The fourth-order valence-electron chi connectivity index (χ4n) is 1.61. The summed E-state index contributed by atoms with van der Waals surface area (Å²) in [6.45, 7) is 1.79. The number of nitrogens with two attached hydrogens (primary N) is 1. The van der Waals surface area contributed by atoms with E-state index >= 15 is 0 Å². The molecular weight excluding hydrogens is 264 g/mol. The van der Waals surface area contributed by atoms with Gasteiger partial charge >= 0.3 is 5.91 Å². The lowest BCUT2D eigenvalue weighted by molar-refractivity contribution is 0.0923. The summed E-state index contributed by atoms with van der Waals surface area (Å²) in [5.74, 6) is 6.42. The summed E-state index contributed by atoms with van der Waals surface area (Å²) in [6.07, 6.45) is 0. The summed E-state index contributed by atoms with van der Waals surface area (Å²) in [4.78, 5) is 12.4. The maximum atomic E-state index is 11.4. The Balaban J connectivity index is 2.04. The third-order valence-corrected chi connectivity index (χ3v) is 3.56. The molecular formula is C13H14N2O3S. The van der Waals surface area contributed by atoms with Gasteiger partial charge in [-0.15, -0.1) is 11.8 Å². The van der Waals surface area contributed by atoms with E-state index < -0.39 is 5.91 Å². The van der Waals surface area contributed by atoms with Crippen LogP contribution in [0.5, 0.6) is 5.75 Å². The van der Waals surface area contributed by atoms with Crippen molar-refractivity contribution in [3.8, 4) is 5.75 Å². The number of carbonyl (C=O) groups is 1. The Kier molecular flexibility index (Phi) is 4.13. The minimum absolute atomic E-state index is 0.236. The average molecular weight is 278 g/mol. The number of thioether (sulfide) groups is 1. The van der Waals surface area contributed by atoms with Crippen LogP contribution >= 0.6 is 11.8 Å². The molecule has 0 saturated heterocycles. The van der Waals surface area contributed by atoms with Crippen LogP contribution in [-0.2, 0) is 5.75 Å². The first-order valence-electron chi connectivity index (χ1n) is 5.62. The van der Waals surface area contributed by atoms with Crippen molar-refractivity contribution in [1.82, 2.24) is 5.43 Å². The molecule has 19 heavy (non-hydrogen) atoms. The third kappa shape index (κ3) is 3.30. The van der Waals surface area contributed by atoms with E-state index in [4.69, 9.17) is 10.3 Å². The molecule has 0 atom stereocenters. The zero-order valence-corrected chi connectivity index (χ0v) is 11.2. The fraction of sp³-hybridized carbons (Fsp3) is 0.154. The van der Waals surface area contributed by atoms with Gasteiger partial charge in [0.05, 0.1) is 5.75 Å². The number of rotatable bonds is 4. The fourth-order valence-corrected chi connectivity index (χ4v) is 2.39. The average Bonchev–Trinajstić information content (AvgIpc) is 2.78. The van der Waals surface area contributed by atoms with E-state index in [1.54, 1.807) is 30.8 Å². The van der Waals surface area contributed by atoms with Crippen molar-refractivity contribution >= 4 is 17.7 Å². The van der Waals surface area contributed by atoms with E-state index in [1.165, 1.54) is 0 Å². The smallest absolute Gasteiger partial charge is 0.301 e. The molecule has 0 aliphatic rings. The molecule has 0 spiro atoms. The number of nitrogen functional groups attached to an aromatic ring is 1. The van der Waals surface area contributed by atoms with Crippen LogP contribution in [0, 0.1) is 6.92 Å². The topological polar surface area (TPSA) is 88.5 Å². The second-order valence-electron chi connectivity index (χ2n) is 3.98. The molecule has 1 heterocycles. The molecule has 1 aromatic carbocycles. The van der Waals surface area contributed by atoms with E-state index in [0.717, 1.165) is 10.5 Å². The minimum atomic E-state index is -0.432. The maximum absolute atomic E-state index is 11.4. The van der Waals surface area contributed by atoms with Gasteiger partial charge in [-0.3, -0.25) is 10.2 Å². The molecule has 0 unspecified atom stereocenters. The molecule has 1 aromatic heterocycles. The van der Waals surface area contributed by atoms with Gasteiger partial charge < -0.3 is 9.52 Å². The molecule has 0 radical (unpaired) electrons. The molecule has 0 bridgehead atoms. The van der Waals surface area contributed by atoms with Crippen LogP contribution in [0.3, 0.4) is 0 Å². The third-order valence-electron chi connectivity index (χ3n) is 2.52. The quantitative estimate of drug-likeness (QED) is 0.345. The number of benzene rings is 1. The minimum Gasteiger partial charge on any atom is -0.508 e. The number of hydrogen-bond donors (Lipinski definition) is 3. The summed E-state index contributed by atoms with van der Waals surface area (Å²) in [5, 5.41) is 9.19. The van der Waals surface area contributed by atoms with Gasteiger partial charge in [-0.05, 0) is 37.3 Å². The zero-order chi connectivity index (χ0) is 13.8. The van der Waals surface area contributed by atoms with Gasteiger partial charge in [-0.25, -0.2) is 5.84 Å². The van der Waals surface area contributed by atoms with E-state index in [9.17, 15) is 9.90 Å². The molecule has 1 amide bonds. The van der Waals surface area contributed by atoms with E-state index in [2.05, 4.69) is 0 Å². The summed E-state index contributed by atoms with van der Waals surface area (Å²) in [6, 6.07) is 8.72. The van der Waals surface area contributed by atoms with Gasteiger partial charge in [0.2, 0.25) is 0 Å². The van der Waals surface area contributed by atoms with Crippen molar-refractivity contribution < 1.29 is 14.3 Å². The van der Waals surface area contributed by atoms with Crippen molar-refractivity contribution in [1.29, 1.82) is 0 Å². The zero-order valence-electron chi connectivity index (χ0n) is 10.3. The first kappa shape index (κ1) is 13.5. The Labute approximate surface area is 114 Å². The summed E-state index contributed by atoms with van der Waals surface area (Å²) >= 11 is 1.56. The Hall–Kier alpha value is -1.92. The number of phenols is 1. The van der Waals surface area contributed by atoms with Gasteiger partial charge in [0.25, 0.3) is 0 Å². The molecule has 2 aromatic rings. The number of furan rings is 1. The maximum Gasteiger partial charge on any atom is 0.301 e. The van der Waals surface area contributed by atoms with E-state index in [0.29, 0.717) is 11.5 Å². The van der Waals surface area contributed by atoms with Crippen molar-refractivity contribution in [3.05, 3.63) is 47.4 Å². The number of carbonyl (C=O) groups excluding carboxylic acids is 1. The van der Waals surface area contributed by atoms with E-state index in [1.807, 2.05) is 23.6 Å². The van der Waals surface area contributed by atoms with E-state index in [-0.39, 0.29) is 11.5 Å². The predicted molar refractivity (Wildman–Crippen MR) is 72.8 cm³/mol. The molecule has 4 N–H and O–H groups in total. The normalized spacial score (nSPS) is 10.4. The molecule has 0 aliphatic carbocycles. The van der Waals surface area contributed by atoms with Crippen molar-refractivity contribution in [2.45, 2.75) is 17.6 Å². The van der Waals surface area contributed by atoms with Crippen LogP contribution in [0.2, 0.25) is 0 Å².